The third kappa shape index (κ3) is 5.72. The molecule has 0 spiro atoms. The van der Waals surface area contributed by atoms with Crippen molar-refractivity contribution in [2.24, 2.45) is 5.92 Å². The normalized spacial score (nSPS) is 13.7. The predicted molar refractivity (Wildman–Crippen MR) is 128 cm³/mol. The number of methoxy groups -OCH3 is 1. The van der Waals surface area contributed by atoms with Gasteiger partial charge in [0.2, 0.25) is 5.91 Å². The predicted octanol–water partition coefficient (Wildman–Crippen LogP) is 4.46. The van der Waals surface area contributed by atoms with E-state index < -0.39 is 5.92 Å². The molecule has 0 fully saturated rings. The monoisotopic (exact) mass is 479 g/mol. The Morgan fingerprint density at radius 1 is 1.12 bits per heavy atom. The van der Waals surface area contributed by atoms with Crippen LogP contribution < -0.4 is 4.74 Å². The van der Waals surface area contributed by atoms with E-state index in [-0.39, 0.29) is 18.3 Å². The van der Waals surface area contributed by atoms with Gasteiger partial charge in [-0.25, -0.2) is 9.97 Å². The first kappa shape index (κ1) is 23.7. The molecule has 0 saturated carbocycles. The van der Waals surface area contributed by atoms with Crippen molar-refractivity contribution in [1.82, 2.24) is 14.9 Å². The van der Waals surface area contributed by atoms with Crippen molar-refractivity contribution >= 4 is 23.5 Å². The molecule has 176 valence electrons. The molecule has 8 heteroatoms. The zero-order valence-corrected chi connectivity index (χ0v) is 19.9. The van der Waals surface area contributed by atoms with Crippen molar-refractivity contribution in [3.63, 3.8) is 0 Å². The number of carbonyl (C=O) groups is 2. The summed E-state index contributed by atoms with van der Waals surface area (Å²) in [5, 5.41) is 0.700. The third-order valence-corrected chi connectivity index (χ3v) is 6.05. The molecule has 0 bridgehead atoms. The number of esters is 1. The summed E-state index contributed by atoms with van der Waals surface area (Å²) in [7, 11) is 1.33. The van der Waals surface area contributed by atoms with Crippen LogP contribution in [0.3, 0.4) is 0 Å². The molecule has 1 unspecified atom stereocenters. The van der Waals surface area contributed by atoms with Crippen LogP contribution in [0.2, 0.25) is 5.02 Å². The van der Waals surface area contributed by atoms with Crippen molar-refractivity contribution < 1.29 is 19.1 Å². The van der Waals surface area contributed by atoms with E-state index in [0.717, 1.165) is 28.1 Å². The lowest BCUT2D eigenvalue weighted by atomic mass is 10.0. The van der Waals surface area contributed by atoms with Gasteiger partial charge < -0.3 is 14.4 Å². The fourth-order valence-corrected chi connectivity index (χ4v) is 3.95. The fraction of sp³-hybridized carbons (Fsp3) is 0.308. The number of rotatable bonds is 7. The van der Waals surface area contributed by atoms with Crippen LogP contribution in [0, 0.1) is 5.92 Å². The summed E-state index contributed by atoms with van der Waals surface area (Å²) in [5.74, 6) is 0.533. The van der Waals surface area contributed by atoms with Gasteiger partial charge in [-0.1, -0.05) is 30.7 Å². The smallest absolute Gasteiger partial charge is 0.306 e. The van der Waals surface area contributed by atoms with E-state index >= 15 is 0 Å². The molecule has 2 aromatic carbocycles. The third-order valence-electron chi connectivity index (χ3n) is 5.80. The average Bonchev–Trinajstić information content (AvgIpc) is 2.87. The Balaban J connectivity index is 1.38. The number of hydrogen-bond donors (Lipinski definition) is 0. The SMILES string of the molecule is COC(=O)CC(C)C(=O)N1CCc2nc(-c3ccc(OCc4ccc(Cl)cc4)cc3)ncc2C1. The van der Waals surface area contributed by atoms with Gasteiger partial charge in [-0.15, -0.1) is 0 Å². The largest absolute Gasteiger partial charge is 0.489 e. The molecule has 34 heavy (non-hydrogen) atoms. The number of benzene rings is 2. The maximum atomic E-state index is 12.7. The van der Waals surface area contributed by atoms with Gasteiger partial charge in [0.25, 0.3) is 0 Å². The molecule has 1 amide bonds. The summed E-state index contributed by atoms with van der Waals surface area (Å²) in [6.45, 7) is 3.21. The lowest BCUT2D eigenvalue weighted by Crippen LogP contribution is -2.40. The average molecular weight is 480 g/mol. The van der Waals surface area contributed by atoms with E-state index in [0.29, 0.717) is 37.0 Å². The second-order valence-corrected chi connectivity index (χ2v) is 8.73. The van der Waals surface area contributed by atoms with Crippen LogP contribution in [-0.2, 0) is 33.9 Å². The van der Waals surface area contributed by atoms with Gasteiger partial charge in [-0.3, -0.25) is 9.59 Å². The lowest BCUT2D eigenvalue weighted by Gasteiger charge is -2.30. The zero-order chi connectivity index (χ0) is 24.1. The van der Waals surface area contributed by atoms with Gasteiger partial charge in [0, 0.05) is 47.8 Å². The standard InChI is InChI=1S/C26H26ClN3O4/c1-17(13-24(31)33-2)26(32)30-12-11-23-20(15-30)14-28-25(29-23)19-5-9-22(10-6-19)34-16-18-3-7-21(27)8-4-18/h3-10,14,17H,11-13,15-16H2,1-2H3. The van der Waals surface area contributed by atoms with E-state index in [1.807, 2.05) is 48.5 Å². The van der Waals surface area contributed by atoms with Crippen LogP contribution >= 0.6 is 11.6 Å². The molecule has 1 aliphatic rings. The summed E-state index contributed by atoms with van der Waals surface area (Å²) in [6.07, 6.45) is 2.50. The van der Waals surface area contributed by atoms with E-state index in [2.05, 4.69) is 9.72 Å². The molecular weight excluding hydrogens is 454 g/mol. The first-order valence-corrected chi connectivity index (χ1v) is 11.5. The highest BCUT2D eigenvalue weighted by Crippen LogP contribution is 2.24. The van der Waals surface area contributed by atoms with E-state index in [9.17, 15) is 9.59 Å². The number of hydrogen-bond acceptors (Lipinski definition) is 6. The van der Waals surface area contributed by atoms with Crippen molar-refractivity contribution in [1.29, 1.82) is 0 Å². The first-order valence-electron chi connectivity index (χ1n) is 11.1. The first-order chi connectivity index (χ1) is 16.4. The van der Waals surface area contributed by atoms with Crippen LogP contribution in [0.1, 0.15) is 30.2 Å². The van der Waals surface area contributed by atoms with Crippen LogP contribution in [0.4, 0.5) is 0 Å². The second-order valence-electron chi connectivity index (χ2n) is 8.30. The highest BCUT2D eigenvalue weighted by molar-refractivity contribution is 6.30. The van der Waals surface area contributed by atoms with Crippen LogP contribution in [0.25, 0.3) is 11.4 Å². The Kier molecular flexibility index (Phi) is 7.43. The number of ether oxygens (including phenoxy) is 2. The molecule has 0 N–H and O–H groups in total. The Bertz CT molecular complexity index is 1170. The maximum Gasteiger partial charge on any atom is 0.306 e. The minimum absolute atomic E-state index is 0.0608. The highest BCUT2D eigenvalue weighted by Gasteiger charge is 2.27. The maximum absolute atomic E-state index is 12.7. The molecule has 0 radical (unpaired) electrons. The van der Waals surface area contributed by atoms with Crippen molar-refractivity contribution in [3.05, 3.63) is 76.6 Å². The summed E-state index contributed by atoms with van der Waals surface area (Å²) in [5.41, 5.74) is 3.81. The molecule has 0 aliphatic carbocycles. The van der Waals surface area contributed by atoms with E-state index in [4.69, 9.17) is 21.3 Å². The van der Waals surface area contributed by atoms with Crippen LogP contribution in [0.5, 0.6) is 5.75 Å². The van der Waals surface area contributed by atoms with Gasteiger partial charge in [0.05, 0.1) is 19.2 Å². The summed E-state index contributed by atoms with van der Waals surface area (Å²) in [6, 6.07) is 15.2. The second kappa shape index (κ2) is 10.7. The molecular formula is C26H26ClN3O4. The molecule has 1 aromatic heterocycles. The van der Waals surface area contributed by atoms with Gasteiger partial charge in [0.1, 0.15) is 12.4 Å². The minimum Gasteiger partial charge on any atom is -0.489 e. The number of fused-ring (bicyclic) bond motifs is 1. The minimum atomic E-state index is -0.422. The molecule has 1 atom stereocenters. The summed E-state index contributed by atoms with van der Waals surface area (Å²) >= 11 is 5.92. The number of nitrogens with zero attached hydrogens (tertiary/aromatic N) is 3. The summed E-state index contributed by atoms with van der Waals surface area (Å²) < 4.78 is 10.5. The van der Waals surface area contributed by atoms with Gasteiger partial charge in [-0.2, -0.15) is 0 Å². The van der Waals surface area contributed by atoms with Crippen molar-refractivity contribution in [2.45, 2.75) is 32.9 Å². The highest BCUT2D eigenvalue weighted by atomic mass is 35.5. The molecule has 7 nitrogen and oxygen atoms in total. The number of amides is 1. The molecule has 3 aromatic rings. The summed E-state index contributed by atoms with van der Waals surface area (Å²) in [4.78, 5) is 35.2. The Labute approximate surface area is 203 Å². The lowest BCUT2D eigenvalue weighted by molar-refractivity contribution is -0.146. The molecule has 0 saturated heterocycles. The van der Waals surface area contributed by atoms with Crippen LogP contribution in [0.15, 0.2) is 54.7 Å². The number of aromatic nitrogens is 2. The van der Waals surface area contributed by atoms with Gasteiger partial charge in [-0.05, 0) is 42.0 Å². The van der Waals surface area contributed by atoms with Crippen LogP contribution in [-0.4, -0.2) is 40.4 Å². The number of carbonyl (C=O) groups excluding carboxylic acids is 2. The van der Waals surface area contributed by atoms with E-state index in [1.165, 1.54) is 7.11 Å². The molecule has 4 rings (SSSR count). The van der Waals surface area contributed by atoms with E-state index in [1.54, 1.807) is 18.0 Å². The topological polar surface area (TPSA) is 81.6 Å². The van der Waals surface area contributed by atoms with Crippen molar-refractivity contribution in [3.8, 4) is 17.1 Å². The Morgan fingerprint density at radius 2 is 1.85 bits per heavy atom. The Hall–Kier alpha value is -3.45. The fourth-order valence-electron chi connectivity index (χ4n) is 3.82. The number of halogens is 1. The molecule has 2 heterocycles. The zero-order valence-electron chi connectivity index (χ0n) is 19.2. The quantitative estimate of drug-likeness (QED) is 0.465. The van der Waals surface area contributed by atoms with Gasteiger partial charge >= 0.3 is 5.97 Å². The van der Waals surface area contributed by atoms with Crippen molar-refractivity contribution in [2.75, 3.05) is 13.7 Å². The van der Waals surface area contributed by atoms with Gasteiger partial charge in [0.15, 0.2) is 5.82 Å². The Morgan fingerprint density at radius 3 is 2.56 bits per heavy atom. The molecule has 1 aliphatic heterocycles.